The van der Waals surface area contributed by atoms with Crippen LogP contribution in [0.2, 0.25) is 0 Å². The third-order valence-electron chi connectivity index (χ3n) is 1.83. The number of hydrogen-bond donors (Lipinski definition) is 0. The summed E-state index contributed by atoms with van der Waals surface area (Å²) in [6.45, 7) is 1.41. The van der Waals surface area contributed by atoms with Crippen LogP contribution >= 0.6 is 11.3 Å². The third-order valence-corrected chi connectivity index (χ3v) is 2.89. The Morgan fingerprint density at radius 2 is 2.07 bits per heavy atom. The smallest absolute Gasteiger partial charge is 0.190 e. The number of hydrogen-bond acceptors (Lipinski definition) is 4. The first-order chi connectivity index (χ1) is 7.18. The first-order valence-corrected chi connectivity index (χ1v) is 5.09. The van der Waals surface area contributed by atoms with Crippen LogP contribution in [0.25, 0.3) is 10.6 Å². The van der Waals surface area contributed by atoms with Gasteiger partial charge in [-0.15, -0.1) is 10.2 Å². The molecule has 2 aromatic rings. The van der Waals surface area contributed by atoms with E-state index in [0.717, 1.165) is 11.3 Å². The number of Topliss-reactive ketones (excluding diaryl/α,β-unsaturated/α-hetero) is 1. The molecule has 5 heteroatoms. The monoisotopic (exact) mass is 222 g/mol. The Morgan fingerprint density at radius 3 is 2.67 bits per heavy atom. The maximum absolute atomic E-state index is 13.3. The molecule has 0 aliphatic heterocycles. The lowest BCUT2D eigenvalue weighted by Gasteiger charge is -1.95. The quantitative estimate of drug-likeness (QED) is 0.733. The Kier molecular flexibility index (Phi) is 2.55. The second-order valence-corrected chi connectivity index (χ2v) is 3.93. The first-order valence-electron chi connectivity index (χ1n) is 4.28. The lowest BCUT2D eigenvalue weighted by molar-refractivity contribution is 0.101. The summed E-state index contributed by atoms with van der Waals surface area (Å²) in [6, 6.07) is 6.28. The summed E-state index contributed by atoms with van der Waals surface area (Å²) < 4.78 is 13.3. The van der Waals surface area contributed by atoms with Crippen molar-refractivity contribution in [3.63, 3.8) is 0 Å². The van der Waals surface area contributed by atoms with Crippen LogP contribution in [-0.4, -0.2) is 16.0 Å². The molecule has 15 heavy (non-hydrogen) atoms. The standard InChI is InChI=1S/C10H7FN2OS/c1-6(14)9-12-13-10(15-9)7-4-2-3-5-8(7)11/h2-5H,1H3. The molecule has 0 bridgehead atoms. The van der Waals surface area contributed by atoms with E-state index in [1.165, 1.54) is 13.0 Å². The van der Waals surface area contributed by atoms with Gasteiger partial charge in [-0.1, -0.05) is 23.5 Å². The zero-order chi connectivity index (χ0) is 10.8. The fourth-order valence-electron chi connectivity index (χ4n) is 1.11. The molecule has 0 saturated carbocycles. The number of nitrogens with zero attached hydrogens (tertiary/aromatic N) is 2. The average Bonchev–Trinajstić information content (AvgIpc) is 2.67. The number of halogens is 1. The lowest BCUT2D eigenvalue weighted by atomic mass is 10.2. The molecule has 0 spiro atoms. The molecule has 1 heterocycles. The fraction of sp³-hybridized carbons (Fsp3) is 0.100. The normalized spacial score (nSPS) is 10.3. The molecule has 0 atom stereocenters. The molecular formula is C10H7FN2OS. The fourth-order valence-corrected chi connectivity index (χ4v) is 1.87. The minimum Gasteiger partial charge on any atom is -0.292 e. The highest BCUT2D eigenvalue weighted by atomic mass is 32.1. The Bertz CT molecular complexity index is 510. The van der Waals surface area contributed by atoms with Gasteiger partial charge in [-0.05, 0) is 12.1 Å². The van der Waals surface area contributed by atoms with E-state index in [4.69, 9.17) is 0 Å². The van der Waals surface area contributed by atoms with Gasteiger partial charge in [0.2, 0.25) is 0 Å². The van der Waals surface area contributed by atoms with Crippen LogP contribution in [-0.2, 0) is 0 Å². The predicted octanol–water partition coefficient (Wildman–Crippen LogP) is 2.55. The van der Waals surface area contributed by atoms with Crippen molar-refractivity contribution in [2.75, 3.05) is 0 Å². The van der Waals surface area contributed by atoms with Crippen molar-refractivity contribution in [1.82, 2.24) is 10.2 Å². The van der Waals surface area contributed by atoms with Crippen LogP contribution in [0.4, 0.5) is 4.39 Å². The minimum atomic E-state index is -0.358. The summed E-state index contributed by atoms with van der Waals surface area (Å²) in [5, 5.41) is 8.19. The van der Waals surface area contributed by atoms with E-state index in [2.05, 4.69) is 10.2 Å². The van der Waals surface area contributed by atoms with Crippen LogP contribution < -0.4 is 0 Å². The highest BCUT2D eigenvalue weighted by molar-refractivity contribution is 7.16. The second-order valence-electron chi connectivity index (χ2n) is 2.95. The van der Waals surface area contributed by atoms with Crippen molar-refractivity contribution in [3.05, 3.63) is 35.1 Å². The molecular weight excluding hydrogens is 215 g/mol. The van der Waals surface area contributed by atoms with Crippen molar-refractivity contribution in [2.24, 2.45) is 0 Å². The van der Waals surface area contributed by atoms with Gasteiger partial charge in [0, 0.05) is 12.5 Å². The van der Waals surface area contributed by atoms with Crippen molar-refractivity contribution in [3.8, 4) is 10.6 Å². The molecule has 1 aromatic heterocycles. The summed E-state index contributed by atoms with van der Waals surface area (Å²) in [6.07, 6.45) is 0. The second kappa shape index (κ2) is 3.86. The summed E-state index contributed by atoms with van der Waals surface area (Å²) in [5.74, 6) is -0.515. The van der Waals surface area contributed by atoms with Gasteiger partial charge in [0.25, 0.3) is 0 Å². The van der Waals surface area contributed by atoms with Gasteiger partial charge >= 0.3 is 0 Å². The number of benzene rings is 1. The SMILES string of the molecule is CC(=O)c1nnc(-c2ccccc2F)s1. The van der Waals surface area contributed by atoms with E-state index in [1.807, 2.05) is 0 Å². The van der Waals surface area contributed by atoms with E-state index in [0.29, 0.717) is 15.6 Å². The van der Waals surface area contributed by atoms with E-state index >= 15 is 0 Å². The number of carbonyl (C=O) groups excluding carboxylic acids is 1. The van der Waals surface area contributed by atoms with Crippen LogP contribution in [0.3, 0.4) is 0 Å². The van der Waals surface area contributed by atoms with Gasteiger partial charge in [0.05, 0.1) is 0 Å². The Balaban J connectivity index is 2.46. The van der Waals surface area contributed by atoms with Gasteiger partial charge in [-0.2, -0.15) is 0 Å². The Morgan fingerprint density at radius 1 is 1.33 bits per heavy atom. The summed E-state index contributed by atoms with van der Waals surface area (Å²) >= 11 is 1.10. The molecule has 0 aliphatic rings. The molecule has 0 unspecified atom stereocenters. The molecule has 0 aliphatic carbocycles. The average molecular weight is 222 g/mol. The van der Waals surface area contributed by atoms with Crippen molar-refractivity contribution >= 4 is 17.1 Å². The first kappa shape index (κ1) is 9.92. The topological polar surface area (TPSA) is 42.9 Å². The zero-order valence-electron chi connectivity index (χ0n) is 7.90. The number of rotatable bonds is 2. The maximum atomic E-state index is 13.3. The lowest BCUT2D eigenvalue weighted by Crippen LogP contribution is -1.88. The molecule has 1 aromatic carbocycles. The van der Waals surface area contributed by atoms with Crippen molar-refractivity contribution in [2.45, 2.75) is 6.92 Å². The van der Waals surface area contributed by atoms with Gasteiger partial charge in [-0.3, -0.25) is 4.79 Å². The van der Waals surface area contributed by atoms with Crippen molar-refractivity contribution in [1.29, 1.82) is 0 Å². The predicted molar refractivity (Wildman–Crippen MR) is 55.3 cm³/mol. The largest absolute Gasteiger partial charge is 0.292 e. The van der Waals surface area contributed by atoms with E-state index in [-0.39, 0.29) is 11.6 Å². The van der Waals surface area contributed by atoms with Gasteiger partial charge in [0.1, 0.15) is 5.82 Å². The van der Waals surface area contributed by atoms with E-state index in [1.54, 1.807) is 18.2 Å². The summed E-state index contributed by atoms with van der Waals surface area (Å²) in [7, 11) is 0. The summed E-state index contributed by atoms with van der Waals surface area (Å²) in [4.78, 5) is 11.0. The van der Waals surface area contributed by atoms with E-state index < -0.39 is 0 Å². The summed E-state index contributed by atoms with van der Waals surface area (Å²) in [5.41, 5.74) is 0.377. The molecule has 3 nitrogen and oxygen atoms in total. The van der Waals surface area contributed by atoms with Crippen LogP contribution in [0.1, 0.15) is 16.7 Å². The van der Waals surface area contributed by atoms with Crippen LogP contribution in [0.15, 0.2) is 24.3 Å². The molecule has 0 fully saturated rings. The maximum Gasteiger partial charge on any atom is 0.190 e. The van der Waals surface area contributed by atoms with Gasteiger partial charge < -0.3 is 0 Å². The van der Waals surface area contributed by atoms with Crippen molar-refractivity contribution < 1.29 is 9.18 Å². The zero-order valence-corrected chi connectivity index (χ0v) is 8.71. The number of ketones is 1. The third kappa shape index (κ3) is 1.92. The van der Waals surface area contributed by atoms with E-state index in [9.17, 15) is 9.18 Å². The highest BCUT2D eigenvalue weighted by Crippen LogP contribution is 2.25. The van der Waals surface area contributed by atoms with Crippen LogP contribution in [0.5, 0.6) is 0 Å². The molecule has 0 amide bonds. The Labute approximate surface area is 89.6 Å². The Hall–Kier alpha value is -1.62. The van der Waals surface area contributed by atoms with Gasteiger partial charge in [0.15, 0.2) is 15.8 Å². The number of carbonyl (C=O) groups is 1. The van der Waals surface area contributed by atoms with Crippen LogP contribution in [0, 0.1) is 5.82 Å². The highest BCUT2D eigenvalue weighted by Gasteiger charge is 2.12. The van der Waals surface area contributed by atoms with Gasteiger partial charge in [-0.25, -0.2) is 4.39 Å². The molecule has 76 valence electrons. The molecule has 0 N–H and O–H groups in total. The number of aromatic nitrogens is 2. The molecule has 2 rings (SSSR count). The minimum absolute atomic E-state index is 0.157. The molecule has 0 saturated heterocycles. The molecule has 0 radical (unpaired) electrons.